The highest BCUT2D eigenvalue weighted by Crippen LogP contribution is 2.58. The maximum atomic E-state index is 11.3. The number of fused-ring (bicyclic) bond motifs is 5. The lowest BCUT2D eigenvalue weighted by Crippen LogP contribution is -2.42. The van der Waals surface area contributed by atoms with Crippen molar-refractivity contribution in [1.82, 2.24) is 5.32 Å². The molecular formula is C17H29NO2. The summed E-state index contributed by atoms with van der Waals surface area (Å²) in [5.41, 5.74) is 0. The van der Waals surface area contributed by atoms with Crippen molar-refractivity contribution in [2.75, 3.05) is 6.54 Å². The first-order valence-corrected chi connectivity index (χ1v) is 8.52. The van der Waals surface area contributed by atoms with E-state index in [4.69, 9.17) is 0 Å². The van der Waals surface area contributed by atoms with Crippen LogP contribution in [0.15, 0.2) is 0 Å². The van der Waals surface area contributed by atoms with Gasteiger partial charge < -0.3 is 10.4 Å². The van der Waals surface area contributed by atoms with Crippen LogP contribution in [0.4, 0.5) is 0 Å². The molecule has 0 spiro atoms. The van der Waals surface area contributed by atoms with Crippen molar-refractivity contribution < 1.29 is 9.90 Å². The van der Waals surface area contributed by atoms with Crippen molar-refractivity contribution in [2.24, 2.45) is 35.5 Å². The molecule has 0 aromatic rings. The zero-order valence-electron chi connectivity index (χ0n) is 12.8. The molecule has 3 nitrogen and oxygen atoms in total. The number of hydrogen-bond acceptors (Lipinski definition) is 2. The number of carbonyl (C=O) groups is 1. The van der Waals surface area contributed by atoms with E-state index in [0.29, 0.717) is 18.5 Å². The average Bonchev–Trinajstić information content (AvgIpc) is 3.04. The predicted octanol–water partition coefficient (Wildman–Crippen LogP) is 3.15. The number of carboxylic acid groups (broad SMARTS) is 1. The smallest absolute Gasteiger partial charge is 0.307 e. The maximum absolute atomic E-state index is 11.3. The van der Waals surface area contributed by atoms with Crippen molar-refractivity contribution in [3.8, 4) is 0 Å². The molecule has 2 bridgehead atoms. The first-order valence-electron chi connectivity index (χ1n) is 8.52. The van der Waals surface area contributed by atoms with Crippen molar-refractivity contribution in [3.63, 3.8) is 0 Å². The summed E-state index contributed by atoms with van der Waals surface area (Å²) in [5.74, 6) is 3.38. The van der Waals surface area contributed by atoms with E-state index >= 15 is 0 Å². The fourth-order valence-corrected chi connectivity index (χ4v) is 5.44. The molecule has 20 heavy (non-hydrogen) atoms. The SMILES string of the molecule is CC(C)CC(CNC1CC2CC1C1CCCC21)C(=O)O. The molecule has 0 aromatic carbocycles. The Kier molecular flexibility index (Phi) is 4.07. The summed E-state index contributed by atoms with van der Waals surface area (Å²) in [6, 6.07) is 0.605. The highest BCUT2D eigenvalue weighted by atomic mass is 16.4. The third-order valence-corrected chi connectivity index (χ3v) is 6.16. The van der Waals surface area contributed by atoms with Gasteiger partial charge in [-0.1, -0.05) is 20.3 Å². The lowest BCUT2D eigenvalue weighted by Gasteiger charge is -2.33. The summed E-state index contributed by atoms with van der Waals surface area (Å²) in [4.78, 5) is 11.3. The van der Waals surface area contributed by atoms with Crippen LogP contribution >= 0.6 is 0 Å². The fraction of sp³-hybridized carbons (Fsp3) is 0.941. The van der Waals surface area contributed by atoms with E-state index in [2.05, 4.69) is 19.2 Å². The Bertz CT molecular complexity index is 368. The predicted molar refractivity (Wildman–Crippen MR) is 79.4 cm³/mol. The minimum Gasteiger partial charge on any atom is -0.481 e. The summed E-state index contributed by atoms with van der Waals surface area (Å²) in [6.45, 7) is 4.88. The summed E-state index contributed by atoms with van der Waals surface area (Å²) >= 11 is 0. The summed E-state index contributed by atoms with van der Waals surface area (Å²) in [5, 5.41) is 13.0. The van der Waals surface area contributed by atoms with Gasteiger partial charge in [-0.2, -0.15) is 0 Å². The standard InChI is InChI=1S/C17H29NO2/c1-10(2)6-12(17(19)20)9-18-16-8-11-7-15(16)14-5-3-4-13(11)14/h10-16,18H,3-9H2,1-2H3,(H,19,20). The quantitative estimate of drug-likeness (QED) is 0.785. The molecule has 3 aliphatic carbocycles. The number of nitrogens with one attached hydrogen (secondary N) is 1. The Morgan fingerprint density at radius 3 is 2.65 bits per heavy atom. The third kappa shape index (κ3) is 2.61. The second-order valence-electron chi connectivity index (χ2n) is 7.83. The van der Waals surface area contributed by atoms with E-state index in [1.807, 2.05) is 0 Å². The molecule has 0 radical (unpaired) electrons. The first-order chi connectivity index (χ1) is 9.56. The van der Waals surface area contributed by atoms with Gasteiger partial charge in [-0.3, -0.25) is 4.79 Å². The Morgan fingerprint density at radius 2 is 1.95 bits per heavy atom. The Labute approximate surface area is 122 Å². The lowest BCUT2D eigenvalue weighted by atomic mass is 9.79. The van der Waals surface area contributed by atoms with Crippen molar-refractivity contribution >= 4 is 5.97 Å². The van der Waals surface area contributed by atoms with Gasteiger partial charge in [0.05, 0.1) is 5.92 Å². The van der Waals surface area contributed by atoms with E-state index < -0.39 is 5.97 Å². The van der Waals surface area contributed by atoms with Gasteiger partial charge in [-0.25, -0.2) is 0 Å². The second kappa shape index (κ2) is 5.67. The molecule has 0 aromatic heterocycles. The fourth-order valence-electron chi connectivity index (χ4n) is 5.44. The van der Waals surface area contributed by atoms with Crippen molar-refractivity contribution in [1.29, 1.82) is 0 Å². The molecule has 3 rings (SSSR count). The summed E-state index contributed by atoms with van der Waals surface area (Å²) in [6.07, 6.45) is 7.83. The molecular weight excluding hydrogens is 250 g/mol. The summed E-state index contributed by atoms with van der Waals surface area (Å²) < 4.78 is 0. The van der Waals surface area contributed by atoms with Crippen LogP contribution in [0.3, 0.4) is 0 Å². The van der Waals surface area contributed by atoms with Gasteiger partial charge >= 0.3 is 5.97 Å². The lowest BCUT2D eigenvalue weighted by molar-refractivity contribution is -0.142. The van der Waals surface area contributed by atoms with E-state index in [1.165, 1.54) is 32.1 Å². The van der Waals surface area contributed by atoms with E-state index in [9.17, 15) is 9.90 Å². The van der Waals surface area contributed by atoms with Crippen LogP contribution in [0.25, 0.3) is 0 Å². The molecule has 3 fully saturated rings. The number of hydrogen-bond donors (Lipinski definition) is 2. The molecule has 0 heterocycles. The molecule has 0 amide bonds. The monoisotopic (exact) mass is 279 g/mol. The van der Waals surface area contributed by atoms with Gasteiger partial charge in [0, 0.05) is 12.6 Å². The zero-order chi connectivity index (χ0) is 14.3. The average molecular weight is 279 g/mol. The van der Waals surface area contributed by atoms with Crippen LogP contribution in [-0.2, 0) is 4.79 Å². The van der Waals surface area contributed by atoms with Crippen LogP contribution < -0.4 is 5.32 Å². The van der Waals surface area contributed by atoms with Gasteiger partial charge in [0.1, 0.15) is 0 Å². The van der Waals surface area contributed by atoms with Crippen LogP contribution in [0.1, 0.15) is 52.4 Å². The molecule has 0 saturated heterocycles. The highest BCUT2D eigenvalue weighted by Gasteiger charge is 2.53. The topological polar surface area (TPSA) is 49.3 Å². The normalized spacial score (nSPS) is 40.2. The van der Waals surface area contributed by atoms with Crippen LogP contribution in [-0.4, -0.2) is 23.7 Å². The highest BCUT2D eigenvalue weighted by molar-refractivity contribution is 5.70. The third-order valence-electron chi connectivity index (χ3n) is 6.16. The van der Waals surface area contributed by atoms with E-state index in [1.54, 1.807) is 0 Å². The molecule has 2 N–H and O–H groups in total. The van der Waals surface area contributed by atoms with E-state index in [-0.39, 0.29) is 5.92 Å². The molecule has 3 heteroatoms. The first kappa shape index (κ1) is 14.4. The number of rotatable bonds is 6. The van der Waals surface area contributed by atoms with Crippen LogP contribution in [0, 0.1) is 35.5 Å². The Morgan fingerprint density at radius 1 is 1.20 bits per heavy atom. The van der Waals surface area contributed by atoms with E-state index in [0.717, 1.165) is 30.1 Å². The maximum Gasteiger partial charge on any atom is 0.307 e. The van der Waals surface area contributed by atoms with Crippen LogP contribution in [0.5, 0.6) is 0 Å². The zero-order valence-corrected chi connectivity index (χ0v) is 12.8. The summed E-state index contributed by atoms with van der Waals surface area (Å²) in [7, 11) is 0. The Balaban J connectivity index is 1.53. The minimum atomic E-state index is -0.631. The van der Waals surface area contributed by atoms with Crippen molar-refractivity contribution in [3.05, 3.63) is 0 Å². The molecule has 3 aliphatic rings. The van der Waals surface area contributed by atoms with Gasteiger partial charge in [-0.15, -0.1) is 0 Å². The largest absolute Gasteiger partial charge is 0.481 e. The van der Waals surface area contributed by atoms with Gasteiger partial charge in [-0.05, 0) is 61.7 Å². The number of aliphatic carboxylic acids is 1. The van der Waals surface area contributed by atoms with Crippen molar-refractivity contribution in [2.45, 2.75) is 58.4 Å². The minimum absolute atomic E-state index is 0.214. The number of carboxylic acids is 1. The van der Waals surface area contributed by atoms with Gasteiger partial charge in [0.15, 0.2) is 0 Å². The van der Waals surface area contributed by atoms with Gasteiger partial charge in [0.25, 0.3) is 0 Å². The molecule has 3 saturated carbocycles. The molecule has 6 unspecified atom stereocenters. The molecule has 6 atom stereocenters. The molecule has 114 valence electrons. The van der Waals surface area contributed by atoms with Gasteiger partial charge in [0.2, 0.25) is 0 Å². The second-order valence-corrected chi connectivity index (χ2v) is 7.83. The van der Waals surface area contributed by atoms with Crippen LogP contribution in [0.2, 0.25) is 0 Å². The Hall–Kier alpha value is -0.570. The molecule has 0 aliphatic heterocycles.